The monoisotopic (exact) mass is 291 g/mol. The Morgan fingerprint density at radius 3 is 2.73 bits per heavy atom. The molecule has 0 aliphatic carbocycles. The molecule has 1 heterocycles. The van der Waals surface area contributed by atoms with Crippen molar-refractivity contribution in [2.75, 3.05) is 0 Å². The summed E-state index contributed by atoms with van der Waals surface area (Å²) in [5, 5.41) is 0.493. The van der Waals surface area contributed by atoms with Gasteiger partial charge in [0.05, 0.1) is 11.1 Å². The Morgan fingerprint density at radius 2 is 2.07 bits per heavy atom. The summed E-state index contributed by atoms with van der Waals surface area (Å²) in [5.74, 6) is 0. The van der Waals surface area contributed by atoms with E-state index in [1.807, 2.05) is 0 Å². The van der Waals surface area contributed by atoms with E-state index in [-0.39, 0.29) is 10.7 Å². The number of pyridine rings is 1. The summed E-state index contributed by atoms with van der Waals surface area (Å²) in [6.07, 6.45) is -2.61. The smallest absolute Gasteiger partial charge is 0.236 e. The molecule has 0 saturated heterocycles. The molecule has 0 amide bonds. The van der Waals surface area contributed by atoms with Gasteiger partial charge in [-0.2, -0.15) is 0 Å². The predicted octanol–water partition coefficient (Wildman–Crippen LogP) is 4.59. The van der Waals surface area contributed by atoms with E-state index in [0.29, 0.717) is 10.9 Å². The highest BCUT2D eigenvalue weighted by atomic mass is 79.9. The van der Waals surface area contributed by atoms with Crippen LogP contribution in [0.3, 0.4) is 0 Å². The van der Waals surface area contributed by atoms with E-state index >= 15 is 0 Å². The summed E-state index contributed by atoms with van der Waals surface area (Å²) in [7, 11) is 0. The Bertz CT molecular complexity index is 516. The Balaban J connectivity index is 2.78. The second kappa shape index (κ2) is 4.02. The fourth-order valence-electron chi connectivity index (χ4n) is 1.30. The number of fused-ring (bicyclic) bond motifs is 1. The maximum atomic E-state index is 12.5. The number of nitrogens with zero attached hydrogens (tertiary/aromatic N) is 1. The first-order valence-corrected chi connectivity index (χ1v) is 5.29. The van der Waals surface area contributed by atoms with Gasteiger partial charge in [-0.15, -0.1) is 0 Å². The average molecular weight is 293 g/mol. The molecule has 2 aromatic rings. The second-order valence-electron chi connectivity index (χ2n) is 2.98. The molecule has 1 aromatic carbocycles. The molecular weight excluding hydrogens is 287 g/mol. The van der Waals surface area contributed by atoms with Crippen LogP contribution in [0.15, 0.2) is 28.7 Å². The largest absolute Gasteiger partial charge is 0.266 e. The van der Waals surface area contributed by atoms with Crippen molar-refractivity contribution in [2.24, 2.45) is 0 Å². The number of rotatable bonds is 1. The van der Waals surface area contributed by atoms with Crippen molar-refractivity contribution in [3.63, 3.8) is 0 Å². The van der Waals surface area contributed by atoms with Gasteiger partial charge in [-0.3, -0.25) is 0 Å². The number of benzene rings is 1. The van der Waals surface area contributed by atoms with Crippen molar-refractivity contribution in [2.45, 2.75) is 6.43 Å². The van der Waals surface area contributed by atoms with Crippen molar-refractivity contribution in [3.05, 3.63) is 39.5 Å². The summed E-state index contributed by atoms with van der Waals surface area (Å²) >= 11 is 8.92. The molecule has 0 aliphatic heterocycles. The zero-order chi connectivity index (χ0) is 11.0. The lowest BCUT2D eigenvalue weighted by molar-refractivity contribution is 0.151. The van der Waals surface area contributed by atoms with E-state index in [0.717, 1.165) is 4.47 Å². The van der Waals surface area contributed by atoms with E-state index < -0.39 is 6.43 Å². The molecule has 78 valence electrons. The number of hydrogen-bond donors (Lipinski definition) is 0. The first-order valence-electron chi connectivity index (χ1n) is 4.12. The van der Waals surface area contributed by atoms with E-state index in [2.05, 4.69) is 20.9 Å². The lowest BCUT2D eigenvalue weighted by Gasteiger charge is -2.05. The van der Waals surface area contributed by atoms with Gasteiger partial charge in [-0.1, -0.05) is 33.6 Å². The average Bonchev–Trinajstić information content (AvgIpc) is 2.16. The molecule has 0 atom stereocenters. The minimum atomic E-state index is -2.61. The topological polar surface area (TPSA) is 12.9 Å². The van der Waals surface area contributed by atoms with E-state index in [1.165, 1.54) is 6.07 Å². The van der Waals surface area contributed by atoms with Crippen LogP contribution in [-0.4, -0.2) is 4.98 Å². The predicted molar refractivity (Wildman–Crippen MR) is 59.4 cm³/mol. The molecule has 0 saturated carbocycles. The van der Waals surface area contributed by atoms with Crippen LogP contribution in [0.1, 0.15) is 12.0 Å². The molecular formula is C10H5BrClF2N. The molecule has 0 fully saturated rings. The van der Waals surface area contributed by atoms with Gasteiger partial charge in [-0.05, 0) is 18.2 Å². The van der Waals surface area contributed by atoms with Gasteiger partial charge in [0.25, 0.3) is 6.43 Å². The third-order valence-electron chi connectivity index (χ3n) is 2.02. The third-order valence-corrected chi connectivity index (χ3v) is 3.02. The number of alkyl halides is 2. The lowest BCUT2D eigenvalue weighted by Crippen LogP contribution is -1.91. The van der Waals surface area contributed by atoms with Crippen LogP contribution in [0.4, 0.5) is 8.78 Å². The Morgan fingerprint density at radius 1 is 1.33 bits per heavy atom. The van der Waals surface area contributed by atoms with Crippen LogP contribution in [-0.2, 0) is 0 Å². The molecule has 5 heteroatoms. The molecule has 0 radical (unpaired) electrons. The first kappa shape index (κ1) is 10.8. The zero-order valence-corrected chi connectivity index (χ0v) is 9.69. The van der Waals surface area contributed by atoms with Crippen LogP contribution < -0.4 is 0 Å². The van der Waals surface area contributed by atoms with Crippen molar-refractivity contribution < 1.29 is 8.78 Å². The van der Waals surface area contributed by atoms with Gasteiger partial charge in [0, 0.05) is 9.86 Å². The van der Waals surface area contributed by atoms with Crippen molar-refractivity contribution in [1.82, 2.24) is 4.98 Å². The van der Waals surface area contributed by atoms with Gasteiger partial charge < -0.3 is 0 Å². The highest BCUT2D eigenvalue weighted by Crippen LogP contribution is 2.31. The summed E-state index contributed by atoms with van der Waals surface area (Å²) < 4.78 is 25.8. The van der Waals surface area contributed by atoms with Crippen molar-refractivity contribution >= 4 is 38.4 Å². The first-order chi connectivity index (χ1) is 7.09. The minimum Gasteiger partial charge on any atom is -0.236 e. The van der Waals surface area contributed by atoms with Crippen LogP contribution in [0.25, 0.3) is 10.9 Å². The molecule has 0 N–H and O–H groups in total. The lowest BCUT2D eigenvalue weighted by atomic mass is 10.1. The fraction of sp³-hybridized carbons (Fsp3) is 0.100. The Labute approximate surface area is 98.2 Å². The van der Waals surface area contributed by atoms with Gasteiger partial charge in [0.2, 0.25) is 0 Å². The second-order valence-corrected chi connectivity index (χ2v) is 4.19. The summed E-state index contributed by atoms with van der Waals surface area (Å²) in [6, 6.07) is 6.63. The molecule has 2 rings (SSSR count). The van der Waals surface area contributed by atoms with Crippen molar-refractivity contribution in [3.8, 4) is 0 Å². The maximum Gasteiger partial charge on any atom is 0.266 e. The van der Waals surface area contributed by atoms with E-state index in [9.17, 15) is 8.78 Å². The zero-order valence-electron chi connectivity index (χ0n) is 7.35. The normalized spacial score (nSPS) is 11.3. The van der Waals surface area contributed by atoms with Gasteiger partial charge in [-0.25, -0.2) is 13.8 Å². The minimum absolute atomic E-state index is 0.143. The standard InChI is InChI=1S/C10H5BrClF2N/c11-7-2-1-3-8-5(7)4-6(10(13)14)9(12)15-8/h1-4,10H. The highest BCUT2D eigenvalue weighted by Gasteiger charge is 2.14. The van der Waals surface area contributed by atoms with E-state index in [4.69, 9.17) is 11.6 Å². The van der Waals surface area contributed by atoms with E-state index in [1.54, 1.807) is 18.2 Å². The summed E-state index contributed by atoms with van der Waals surface area (Å²) in [5.41, 5.74) is 0.356. The molecule has 0 bridgehead atoms. The van der Waals surface area contributed by atoms with Gasteiger partial charge in [0.1, 0.15) is 5.15 Å². The fourth-order valence-corrected chi connectivity index (χ4v) is 2.00. The van der Waals surface area contributed by atoms with Gasteiger partial charge in [0.15, 0.2) is 0 Å². The van der Waals surface area contributed by atoms with Crippen LogP contribution in [0.2, 0.25) is 5.15 Å². The third kappa shape index (κ3) is 1.96. The van der Waals surface area contributed by atoms with Crippen LogP contribution in [0.5, 0.6) is 0 Å². The van der Waals surface area contributed by atoms with Crippen LogP contribution >= 0.6 is 27.5 Å². The van der Waals surface area contributed by atoms with Gasteiger partial charge >= 0.3 is 0 Å². The molecule has 15 heavy (non-hydrogen) atoms. The molecule has 0 unspecified atom stereocenters. The SMILES string of the molecule is FC(F)c1cc2c(Br)cccc2nc1Cl. The highest BCUT2D eigenvalue weighted by molar-refractivity contribution is 9.10. The Kier molecular flexibility index (Phi) is 2.89. The molecule has 1 aromatic heterocycles. The Hall–Kier alpha value is -0.740. The number of halogens is 4. The number of hydrogen-bond acceptors (Lipinski definition) is 1. The maximum absolute atomic E-state index is 12.5. The van der Waals surface area contributed by atoms with Crippen molar-refractivity contribution in [1.29, 1.82) is 0 Å². The quantitative estimate of drug-likeness (QED) is 0.701. The summed E-state index contributed by atoms with van der Waals surface area (Å²) in [6.45, 7) is 0. The van der Waals surface area contributed by atoms with Crippen LogP contribution in [0, 0.1) is 0 Å². The molecule has 1 nitrogen and oxygen atoms in total. The molecule has 0 spiro atoms. The summed E-state index contributed by atoms with van der Waals surface area (Å²) in [4.78, 5) is 3.91. The molecule has 0 aliphatic rings. The number of aromatic nitrogens is 1.